The summed E-state index contributed by atoms with van der Waals surface area (Å²) < 4.78 is 0. The summed E-state index contributed by atoms with van der Waals surface area (Å²) in [4.78, 5) is 0. The molecular weight excluding hydrogens is 186 g/mol. The molecule has 0 aromatic carbocycles. The summed E-state index contributed by atoms with van der Waals surface area (Å²) in [7, 11) is 0. The largest absolute Gasteiger partial charge is 0.330 e. The first kappa shape index (κ1) is 14.9. The van der Waals surface area contributed by atoms with Gasteiger partial charge in [-0.2, -0.15) is 0 Å². The molecule has 0 rings (SSSR count). The van der Waals surface area contributed by atoms with Gasteiger partial charge in [0.25, 0.3) is 0 Å². The van der Waals surface area contributed by atoms with E-state index in [2.05, 4.69) is 6.92 Å². The molecule has 2 atom stereocenters. The lowest BCUT2D eigenvalue weighted by Gasteiger charge is -2.11. The van der Waals surface area contributed by atoms with Crippen molar-refractivity contribution in [2.24, 2.45) is 17.2 Å². The molecule has 0 aromatic rings. The van der Waals surface area contributed by atoms with Gasteiger partial charge in [0.1, 0.15) is 0 Å². The molecule has 0 aliphatic rings. The predicted molar refractivity (Wildman–Crippen MR) is 67.6 cm³/mol. The third kappa shape index (κ3) is 10.2. The second kappa shape index (κ2) is 10.4. The van der Waals surface area contributed by atoms with Crippen molar-refractivity contribution >= 4 is 0 Å². The standard InChI is InChI=1S/C12H29N3/c1-2-6-11(14)7-4-3-5-8-12(15)9-10-13/h11-12H,2-10,13-15H2,1H3. The Kier molecular flexibility index (Phi) is 10.3. The monoisotopic (exact) mass is 215 g/mol. The highest BCUT2D eigenvalue weighted by molar-refractivity contribution is 4.63. The number of unbranched alkanes of at least 4 members (excludes halogenated alkanes) is 2. The smallest absolute Gasteiger partial charge is 0.00508 e. The van der Waals surface area contributed by atoms with Crippen LogP contribution >= 0.6 is 0 Å². The van der Waals surface area contributed by atoms with Gasteiger partial charge in [-0.3, -0.25) is 0 Å². The van der Waals surface area contributed by atoms with Crippen LogP contribution in [0.2, 0.25) is 0 Å². The topological polar surface area (TPSA) is 78.1 Å². The Balaban J connectivity index is 3.17. The van der Waals surface area contributed by atoms with Crippen molar-refractivity contribution in [1.82, 2.24) is 0 Å². The highest BCUT2D eigenvalue weighted by Gasteiger charge is 2.02. The Morgan fingerprint density at radius 3 is 1.80 bits per heavy atom. The van der Waals surface area contributed by atoms with Crippen molar-refractivity contribution in [2.45, 2.75) is 70.4 Å². The Labute approximate surface area is 94.8 Å². The van der Waals surface area contributed by atoms with E-state index in [0.29, 0.717) is 18.6 Å². The van der Waals surface area contributed by atoms with Crippen LogP contribution in [0.3, 0.4) is 0 Å². The Morgan fingerprint density at radius 2 is 1.33 bits per heavy atom. The molecule has 0 aromatic heterocycles. The lowest BCUT2D eigenvalue weighted by atomic mass is 10.0. The van der Waals surface area contributed by atoms with E-state index in [1.165, 1.54) is 32.1 Å². The second-order valence-corrected chi connectivity index (χ2v) is 4.52. The molecule has 0 radical (unpaired) electrons. The molecule has 0 aliphatic heterocycles. The minimum atomic E-state index is 0.305. The normalized spacial score (nSPS) is 15.2. The van der Waals surface area contributed by atoms with E-state index in [0.717, 1.165) is 19.3 Å². The molecule has 0 bridgehead atoms. The Hall–Kier alpha value is -0.120. The fraction of sp³-hybridized carbons (Fsp3) is 1.00. The quantitative estimate of drug-likeness (QED) is 0.486. The second-order valence-electron chi connectivity index (χ2n) is 4.52. The van der Waals surface area contributed by atoms with Crippen LogP contribution in [0.25, 0.3) is 0 Å². The maximum Gasteiger partial charge on any atom is 0.00508 e. The van der Waals surface area contributed by atoms with Crippen molar-refractivity contribution < 1.29 is 0 Å². The van der Waals surface area contributed by atoms with E-state index >= 15 is 0 Å². The summed E-state index contributed by atoms with van der Waals surface area (Å²) >= 11 is 0. The van der Waals surface area contributed by atoms with Gasteiger partial charge in [-0.15, -0.1) is 0 Å². The van der Waals surface area contributed by atoms with Gasteiger partial charge < -0.3 is 17.2 Å². The fourth-order valence-corrected chi connectivity index (χ4v) is 1.86. The van der Waals surface area contributed by atoms with E-state index < -0.39 is 0 Å². The molecule has 0 fully saturated rings. The molecule has 92 valence electrons. The van der Waals surface area contributed by atoms with Crippen molar-refractivity contribution in [3.8, 4) is 0 Å². The van der Waals surface area contributed by atoms with Crippen molar-refractivity contribution in [3.63, 3.8) is 0 Å². The lowest BCUT2D eigenvalue weighted by molar-refractivity contribution is 0.488. The van der Waals surface area contributed by atoms with Crippen LogP contribution in [0.4, 0.5) is 0 Å². The predicted octanol–water partition coefficient (Wildman–Crippen LogP) is 1.74. The molecule has 2 unspecified atom stereocenters. The minimum absolute atomic E-state index is 0.305. The van der Waals surface area contributed by atoms with Gasteiger partial charge in [0.2, 0.25) is 0 Å². The highest BCUT2D eigenvalue weighted by atomic mass is 14.6. The zero-order valence-corrected chi connectivity index (χ0v) is 10.3. The maximum atomic E-state index is 5.93. The first-order valence-corrected chi connectivity index (χ1v) is 6.42. The van der Waals surface area contributed by atoms with Crippen molar-refractivity contribution in [2.75, 3.05) is 6.54 Å². The molecule has 0 spiro atoms. The SMILES string of the molecule is CCCC(N)CCCCCC(N)CCN. The first-order valence-electron chi connectivity index (χ1n) is 6.42. The van der Waals surface area contributed by atoms with Gasteiger partial charge in [-0.25, -0.2) is 0 Å². The average Bonchev–Trinajstić information content (AvgIpc) is 2.18. The van der Waals surface area contributed by atoms with Gasteiger partial charge in [-0.1, -0.05) is 32.6 Å². The maximum absolute atomic E-state index is 5.93. The van der Waals surface area contributed by atoms with Crippen LogP contribution in [0.5, 0.6) is 0 Å². The van der Waals surface area contributed by atoms with Crippen LogP contribution in [-0.2, 0) is 0 Å². The van der Waals surface area contributed by atoms with Crippen LogP contribution < -0.4 is 17.2 Å². The number of hydrogen-bond donors (Lipinski definition) is 3. The van der Waals surface area contributed by atoms with Crippen molar-refractivity contribution in [3.05, 3.63) is 0 Å². The summed E-state index contributed by atoms with van der Waals surface area (Å²) in [5, 5.41) is 0. The number of rotatable bonds is 10. The summed E-state index contributed by atoms with van der Waals surface area (Å²) in [5.41, 5.74) is 17.2. The zero-order valence-electron chi connectivity index (χ0n) is 10.3. The molecule has 15 heavy (non-hydrogen) atoms. The highest BCUT2D eigenvalue weighted by Crippen LogP contribution is 2.09. The molecule has 3 nitrogen and oxygen atoms in total. The molecule has 6 N–H and O–H groups in total. The van der Waals surface area contributed by atoms with Crippen LogP contribution in [0, 0.1) is 0 Å². The zero-order chi connectivity index (χ0) is 11.5. The molecule has 0 saturated carbocycles. The van der Waals surface area contributed by atoms with Gasteiger partial charge in [0.05, 0.1) is 0 Å². The third-order valence-electron chi connectivity index (χ3n) is 2.85. The molecule has 3 heteroatoms. The van der Waals surface area contributed by atoms with Gasteiger partial charge >= 0.3 is 0 Å². The van der Waals surface area contributed by atoms with E-state index in [9.17, 15) is 0 Å². The minimum Gasteiger partial charge on any atom is -0.330 e. The van der Waals surface area contributed by atoms with Gasteiger partial charge in [0, 0.05) is 12.1 Å². The van der Waals surface area contributed by atoms with E-state index in [-0.39, 0.29) is 0 Å². The molecular formula is C12H29N3. The Morgan fingerprint density at radius 1 is 0.800 bits per heavy atom. The van der Waals surface area contributed by atoms with E-state index in [4.69, 9.17) is 17.2 Å². The van der Waals surface area contributed by atoms with Gasteiger partial charge in [-0.05, 0) is 32.2 Å². The molecule has 0 amide bonds. The molecule has 0 aliphatic carbocycles. The summed E-state index contributed by atoms with van der Waals surface area (Å²) in [6.45, 7) is 2.90. The van der Waals surface area contributed by atoms with E-state index in [1.54, 1.807) is 0 Å². The lowest BCUT2D eigenvalue weighted by Crippen LogP contribution is -2.23. The van der Waals surface area contributed by atoms with Crippen molar-refractivity contribution in [1.29, 1.82) is 0 Å². The number of hydrogen-bond acceptors (Lipinski definition) is 3. The molecule has 0 heterocycles. The average molecular weight is 215 g/mol. The summed E-state index contributed by atoms with van der Waals surface area (Å²) in [6, 6.07) is 0.715. The van der Waals surface area contributed by atoms with E-state index in [1.807, 2.05) is 0 Å². The van der Waals surface area contributed by atoms with Crippen LogP contribution in [-0.4, -0.2) is 18.6 Å². The van der Waals surface area contributed by atoms with Gasteiger partial charge in [0.15, 0.2) is 0 Å². The van der Waals surface area contributed by atoms with Crippen LogP contribution in [0.15, 0.2) is 0 Å². The van der Waals surface area contributed by atoms with Crippen LogP contribution in [0.1, 0.15) is 58.3 Å². The summed E-state index contributed by atoms with van der Waals surface area (Å²) in [6.07, 6.45) is 9.32. The third-order valence-corrected chi connectivity index (χ3v) is 2.85. The first-order chi connectivity index (χ1) is 7.20. The molecule has 0 saturated heterocycles. The summed E-state index contributed by atoms with van der Waals surface area (Å²) in [5.74, 6) is 0. The number of nitrogens with two attached hydrogens (primary N) is 3. The Bertz CT molecular complexity index is 114. The fourth-order valence-electron chi connectivity index (χ4n) is 1.86.